The Bertz CT molecular complexity index is 1100. The van der Waals surface area contributed by atoms with Gasteiger partial charge in [0.15, 0.2) is 0 Å². The molecule has 5 nitrogen and oxygen atoms in total. The fourth-order valence-corrected chi connectivity index (χ4v) is 2.94. The molecule has 0 atom stereocenters. The van der Waals surface area contributed by atoms with Crippen LogP contribution < -0.4 is 0 Å². The molecule has 0 aromatic carbocycles. The molecular formula is C21H16N4OPd. The van der Waals surface area contributed by atoms with Crippen molar-refractivity contribution in [3.05, 3.63) is 71.3 Å². The fourth-order valence-electron chi connectivity index (χ4n) is 2.94. The van der Waals surface area contributed by atoms with E-state index >= 15 is 0 Å². The van der Waals surface area contributed by atoms with Crippen LogP contribution in [0, 0.1) is 0 Å². The van der Waals surface area contributed by atoms with Gasteiger partial charge in [0.1, 0.15) is 6.79 Å². The average Bonchev–Trinajstić information content (AvgIpc) is 3.42. The van der Waals surface area contributed by atoms with Crippen LogP contribution in [0.25, 0.3) is 46.4 Å². The number of nitrogens with one attached hydrogen (secondary N) is 2. The molecule has 0 saturated carbocycles. The van der Waals surface area contributed by atoms with Gasteiger partial charge in [0.25, 0.3) is 0 Å². The van der Waals surface area contributed by atoms with Crippen molar-refractivity contribution >= 4 is 53.2 Å². The van der Waals surface area contributed by atoms with Crippen LogP contribution in [0.2, 0.25) is 0 Å². The van der Waals surface area contributed by atoms with Crippen molar-refractivity contribution in [3.63, 3.8) is 0 Å². The second-order valence-corrected chi connectivity index (χ2v) is 5.91. The maximum absolute atomic E-state index is 8.00. The van der Waals surface area contributed by atoms with E-state index in [1.165, 1.54) is 0 Å². The summed E-state index contributed by atoms with van der Waals surface area (Å²) in [5.41, 5.74) is 7.86. The predicted octanol–water partition coefficient (Wildman–Crippen LogP) is 4.47. The standard InChI is InChI=1S/C20H14N4.CH2O.Pd/c1-2-14-10-16-5-6-18(23-16)12-20-8-7-19(24-20)11-17-4-3-15(22-17)9-13(1)21-14;1-2;/h1-12,21-22H;1H2;. The number of nitrogens with zero attached hydrogens (tertiary/aromatic N) is 2. The zero-order valence-electron chi connectivity index (χ0n) is 14.3. The summed E-state index contributed by atoms with van der Waals surface area (Å²) in [5, 5.41) is 0. The molecule has 0 unspecified atom stereocenters. The molecule has 2 aliphatic rings. The van der Waals surface area contributed by atoms with Gasteiger partial charge in [-0.2, -0.15) is 0 Å². The third kappa shape index (κ3) is 4.20. The molecule has 0 aliphatic carbocycles. The Morgan fingerprint density at radius 2 is 0.889 bits per heavy atom. The first-order chi connectivity index (χ1) is 12.8. The Morgan fingerprint density at radius 3 is 1.30 bits per heavy atom. The zero-order chi connectivity index (χ0) is 17.9. The number of carbonyl (C=O) groups is 1. The van der Waals surface area contributed by atoms with Crippen molar-refractivity contribution < 1.29 is 25.2 Å². The molecule has 0 radical (unpaired) electrons. The van der Waals surface area contributed by atoms with Crippen LogP contribution in [-0.2, 0) is 25.2 Å². The van der Waals surface area contributed by atoms with E-state index in [0.717, 1.165) is 44.8 Å². The monoisotopic (exact) mass is 446 g/mol. The third-order valence-electron chi connectivity index (χ3n) is 4.04. The van der Waals surface area contributed by atoms with E-state index in [4.69, 9.17) is 4.79 Å². The molecule has 5 heterocycles. The maximum Gasteiger partial charge on any atom is 0.106 e. The van der Waals surface area contributed by atoms with Gasteiger partial charge in [-0.15, -0.1) is 0 Å². The summed E-state index contributed by atoms with van der Waals surface area (Å²) in [4.78, 5) is 24.0. The van der Waals surface area contributed by atoms with E-state index in [2.05, 4.69) is 50.3 Å². The molecule has 0 spiro atoms. The van der Waals surface area contributed by atoms with Gasteiger partial charge in [-0.3, -0.25) is 0 Å². The molecule has 0 amide bonds. The van der Waals surface area contributed by atoms with Crippen molar-refractivity contribution in [2.24, 2.45) is 0 Å². The van der Waals surface area contributed by atoms with E-state index in [1.54, 1.807) is 0 Å². The van der Waals surface area contributed by atoms with E-state index in [9.17, 15) is 0 Å². The first-order valence-electron chi connectivity index (χ1n) is 8.14. The number of aromatic nitrogens is 4. The minimum absolute atomic E-state index is 0. The molecule has 5 rings (SSSR count). The molecular weight excluding hydrogens is 431 g/mol. The summed E-state index contributed by atoms with van der Waals surface area (Å²) in [7, 11) is 0. The third-order valence-corrected chi connectivity index (χ3v) is 4.04. The van der Waals surface area contributed by atoms with Crippen molar-refractivity contribution in [2.45, 2.75) is 0 Å². The van der Waals surface area contributed by atoms with Gasteiger partial charge in [0.2, 0.25) is 0 Å². The minimum Gasteiger partial charge on any atom is -0.355 e. The quantitative estimate of drug-likeness (QED) is 0.345. The first-order valence-corrected chi connectivity index (χ1v) is 8.14. The first kappa shape index (κ1) is 18.7. The van der Waals surface area contributed by atoms with E-state index in [-0.39, 0.29) is 20.4 Å². The Kier molecular flexibility index (Phi) is 5.61. The SMILES string of the molecule is C1=Cc2cc3ccc(cc4ccc(cc5nc(cc1n2)C=C5)[nH]4)[nH]3.C=O.[Pd]. The van der Waals surface area contributed by atoms with Gasteiger partial charge >= 0.3 is 0 Å². The Balaban J connectivity index is 0.000000680. The molecule has 0 fully saturated rings. The van der Waals surface area contributed by atoms with E-state index < -0.39 is 0 Å². The van der Waals surface area contributed by atoms with Crippen molar-refractivity contribution in [1.29, 1.82) is 0 Å². The summed E-state index contributed by atoms with van der Waals surface area (Å²) in [6.07, 6.45) is 8.05. The topological polar surface area (TPSA) is 74.4 Å². The molecule has 3 aromatic rings. The number of rotatable bonds is 0. The zero-order valence-corrected chi connectivity index (χ0v) is 15.8. The molecule has 3 aromatic heterocycles. The second-order valence-electron chi connectivity index (χ2n) is 5.91. The summed E-state index contributed by atoms with van der Waals surface area (Å²) >= 11 is 0. The van der Waals surface area contributed by atoms with E-state index in [0.29, 0.717) is 0 Å². The van der Waals surface area contributed by atoms with Gasteiger partial charge in [-0.1, -0.05) is 0 Å². The van der Waals surface area contributed by atoms with Crippen LogP contribution in [0.4, 0.5) is 0 Å². The Labute approximate surface area is 169 Å². The van der Waals surface area contributed by atoms with Crippen molar-refractivity contribution in [3.8, 4) is 0 Å². The molecule has 27 heavy (non-hydrogen) atoms. The van der Waals surface area contributed by atoms with Crippen LogP contribution in [0.15, 0.2) is 48.5 Å². The molecule has 2 aliphatic heterocycles. The largest absolute Gasteiger partial charge is 0.355 e. The summed E-state index contributed by atoms with van der Waals surface area (Å²) in [6, 6.07) is 16.4. The van der Waals surface area contributed by atoms with E-state index in [1.807, 2.05) is 49.3 Å². The Morgan fingerprint density at radius 1 is 0.556 bits per heavy atom. The summed E-state index contributed by atoms with van der Waals surface area (Å²) in [6.45, 7) is 2.00. The number of fused-ring (bicyclic) bond motifs is 8. The molecule has 136 valence electrons. The second kappa shape index (κ2) is 8.09. The van der Waals surface area contributed by atoms with Gasteiger partial charge in [-0.25, -0.2) is 9.97 Å². The molecule has 0 saturated heterocycles. The maximum atomic E-state index is 8.00. The number of hydrogen-bond acceptors (Lipinski definition) is 3. The van der Waals surface area contributed by atoms with Crippen LogP contribution in [0.1, 0.15) is 22.8 Å². The average molecular weight is 447 g/mol. The number of carbonyl (C=O) groups excluding carboxylic acids is 1. The summed E-state index contributed by atoms with van der Waals surface area (Å²) in [5.74, 6) is 0. The molecule has 6 heteroatoms. The van der Waals surface area contributed by atoms with Gasteiger partial charge in [-0.05, 0) is 72.8 Å². The van der Waals surface area contributed by atoms with Crippen LogP contribution in [-0.4, -0.2) is 26.7 Å². The number of hydrogen-bond donors (Lipinski definition) is 2. The van der Waals surface area contributed by atoms with Crippen LogP contribution in [0.3, 0.4) is 0 Å². The van der Waals surface area contributed by atoms with Gasteiger partial charge < -0.3 is 14.8 Å². The smallest absolute Gasteiger partial charge is 0.106 e. The van der Waals surface area contributed by atoms with Crippen molar-refractivity contribution in [1.82, 2.24) is 19.9 Å². The predicted molar refractivity (Wildman–Crippen MR) is 106 cm³/mol. The molecule has 2 N–H and O–H groups in total. The Hall–Kier alpha value is -3.07. The van der Waals surface area contributed by atoms with Gasteiger partial charge in [0.05, 0.1) is 22.8 Å². The van der Waals surface area contributed by atoms with Crippen molar-refractivity contribution in [2.75, 3.05) is 0 Å². The molecule has 8 bridgehead atoms. The van der Waals surface area contributed by atoms with Crippen LogP contribution in [0.5, 0.6) is 0 Å². The fraction of sp³-hybridized carbons (Fsp3) is 0. The number of H-pyrrole nitrogens is 2. The van der Waals surface area contributed by atoms with Crippen LogP contribution >= 0.6 is 0 Å². The summed E-state index contributed by atoms with van der Waals surface area (Å²) < 4.78 is 0. The number of aromatic amines is 2. The van der Waals surface area contributed by atoms with Gasteiger partial charge in [0, 0.05) is 42.5 Å². The minimum atomic E-state index is 0. The normalized spacial score (nSPS) is 11.4.